The van der Waals surface area contributed by atoms with E-state index < -0.39 is 22.6 Å². The predicted molar refractivity (Wildman–Crippen MR) is 83.7 cm³/mol. The molecule has 3 rings (SSSR count). The number of aromatic amines is 1. The Morgan fingerprint density at radius 2 is 2.12 bits per heavy atom. The Balaban J connectivity index is 1.80. The quantitative estimate of drug-likeness (QED) is 0.374. The molecule has 3 aromatic rings. The molecule has 120 valence electrons. The molecule has 1 amide bonds. The largest absolute Gasteiger partial charge is 0.507 e. The van der Waals surface area contributed by atoms with Crippen molar-refractivity contribution in [2.75, 3.05) is 0 Å². The summed E-state index contributed by atoms with van der Waals surface area (Å²) in [4.78, 5) is 24.8. The summed E-state index contributed by atoms with van der Waals surface area (Å²) in [6.45, 7) is 0. The maximum atomic E-state index is 11.8. The maximum absolute atomic E-state index is 11.8. The summed E-state index contributed by atoms with van der Waals surface area (Å²) in [7, 11) is 0. The lowest BCUT2D eigenvalue weighted by Crippen LogP contribution is -2.19. The van der Waals surface area contributed by atoms with Gasteiger partial charge in [0.15, 0.2) is 0 Å². The van der Waals surface area contributed by atoms with E-state index in [0.29, 0.717) is 5.56 Å². The number of nitrogens with zero attached hydrogens (tertiary/aromatic N) is 4. The molecular weight excluding hydrogens is 316 g/mol. The number of H-pyrrole nitrogens is 1. The van der Waals surface area contributed by atoms with Crippen LogP contribution in [0.25, 0.3) is 10.8 Å². The second-order valence-electron chi connectivity index (χ2n) is 4.66. The van der Waals surface area contributed by atoms with E-state index in [1.54, 1.807) is 12.1 Å². The SMILES string of the molecule is O=C(N/N=C/c1c(O)ccc2ccccc12)c1n[nH]c([N+](=O)[O-])n1. The van der Waals surface area contributed by atoms with Crippen LogP contribution >= 0.6 is 0 Å². The summed E-state index contributed by atoms with van der Waals surface area (Å²) >= 11 is 0. The number of benzene rings is 2. The van der Waals surface area contributed by atoms with Gasteiger partial charge < -0.3 is 15.2 Å². The van der Waals surface area contributed by atoms with Gasteiger partial charge in [0.2, 0.25) is 0 Å². The minimum atomic E-state index is -0.824. The van der Waals surface area contributed by atoms with Gasteiger partial charge in [-0.15, -0.1) is 5.10 Å². The van der Waals surface area contributed by atoms with Gasteiger partial charge in [0.1, 0.15) is 5.75 Å². The number of hydrogen-bond donors (Lipinski definition) is 3. The molecule has 1 heterocycles. The number of hydrazone groups is 1. The number of aromatic nitrogens is 3. The number of carbonyl (C=O) groups excluding carboxylic acids is 1. The van der Waals surface area contributed by atoms with E-state index in [1.807, 2.05) is 23.3 Å². The molecule has 0 aliphatic carbocycles. The molecule has 0 aliphatic rings. The summed E-state index contributed by atoms with van der Waals surface area (Å²) in [5.74, 6) is -1.88. The third-order valence-corrected chi connectivity index (χ3v) is 3.16. The first-order valence-electron chi connectivity index (χ1n) is 6.67. The molecule has 1 aromatic heterocycles. The van der Waals surface area contributed by atoms with Crippen molar-refractivity contribution in [2.24, 2.45) is 5.10 Å². The van der Waals surface area contributed by atoms with Crippen LogP contribution in [0.15, 0.2) is 41.5 Å². The molecule has 0 saturated heterocycles. The van der Waals surface area contributed by atoms with Gasteiger partial charge in [-0.05, 0) is 26.7 Å². The van der Waals surface area contributed by atoms with E-state index in [-0.39, 0.29) is 5.75 Å². The molecule has 0 radical (unpaired) electrons. The Bertz CT molecular complexity index is 965. The van der Waals surface area contributed by atoms with Gasteiger partial charge >= 0.3 is 17.7 Å². The van der Waals surface area contributed by atoms with Gasteiger partial charge in [-0.25, -0.2) is 5.43 Å². The summed E-state index contributed by atoms with van der Waals surface area (Å²) in [6.07, 6.45) is 1.27. The van der Waals surface area contributed by atoms with Gasteiger partial charge in [0.05, 0.1) is 6.21 Å². The van der Waals surface area contributed by atoms with E-state index in [9.17, 15) is 20.0 Å². The van der Waals surface area contributed by atoms with Gasteiger partial charge in [-0.2, -0.15) is 5.10 Å². The Kier molecular flexibility index (Phi) is 3.85. The number of fused-ring (bicyclic) bond motifs is 1. The van der Waals surface area contributed by atoms with E-state index >= 15 is 0 Å². The van der Waals surface area contributed by atoms with Gasteiger partial charge in [0.25, 0.3) is 0 Å². The number of nitrogens with one attached hydrogen (secondary N) is 2. The lowest BCUT2D eigenvalue weighted by Gasteiger charge is -2.04. The zero-order valence-electron chi connectivity index (χ0n) is 12.0. The highest BCUT2D eigenvalue weighted by Gasteiger charge is 2.20. The first kappa shape index (κ1) is 15.1. The molecule has 0 unspecified atom stereocenters. The highest BCUT2D eigenvalue weighted by molar-refractivity contribution is 6.02. The van der Waals surface area contributed by atoms with Crippen LogP contribution in [0.4, 0.5) is 5.95 Å². The summed E-state index contributed by atoms with van der Waals surface area (Å²) in [5, 5.41) is 31.2. The third kappa shape index (κ3) is 2.88. The first-order chi connectivity index (χ1) is 11.6. The van der Waals surface area contributed by atoms with Crippen molar-refractivity contribution >= 4 is 28.8 Å². The van der Waals surface area contributed by atoms with Crippen LogP contribution in [0.1, 0.15) is 16.2 Å². The van der Waals surface area contributed by atoms with E-state index in [4.69, 9.17) is 0 Å². The second-order valence-corrected chi connectivity index (χ2v) is 4.66. The standard InChI is InChI=1S/C14H10N6O4/c21-11-6-5-8-3-1-2-4-9(8)10(11)7-15-18-13(22)12-16-14(19-17-12)20(23)24/h1-7,21H,(H,18,22)(H,16,17,19)/b15-7+. The maximum Gasteiger partial charge on any atom is 0.454 e. The smallest absolute Gasteiger partial charge is 0.454 e. The van der Waals surface area contributed by atoms with Crippen molar-refractivity contribution in [3.05, 3.63) is 57.9 Å². The normalized spacial score (nSPS) is 11.0. The fourth-order valence-electron chi connectivity index (χ4n) is 2.06. The monoisotopic (exact) mass is 326 g/mol. The molecule has 0 saturated carbocycles. The fourth-order valence-corrected chi connectivity index (χ4v) is 2.06. The number of rotatable bonds is 4. The lowest BCUT2D eigenvalue weighted by molar-refractivity contribution is -0.394. The molecule has 10 heteroatoms. The number of nitro groups is 1. The number of hydrogen-bond acceptors (Lipinski definition) is 7. The third-order valence-electron chi connectivity index (χ3n) is 3.16. The van der Waals surface area contributed by atoms with Crippen LogP contribution in [0.2, 0.25) is 0 Å². The molecule has 2 aromatic carbocycles. The average Bonchev–Trinajstić information content (AvgIpc) is 3.07. The molecule has 0 aliphatic heterocycles. The van der Waals surface area contributed by atoms with Gasteiger partial charge in [-0.3, -0.25) is 4.79 Å². The zero-order chi connectivity index (χ0) is 17.1. The zero-order valence-corrected chi connectivity index (χ0v) is 12.0. The van der Waals surface area contributed by atoms with Crippen LogP contribution in [-0.2, 0) is 0 Å². The number of phenolic OH excluding ortho intramolecular Hbond substituents is 1. The van der Waals surface area contributed by atoms with Crippen LogP contribution < -0.4 is 5.43 Å². The topological polar surface area (TPSA) is 146 Å². The van der Waals surface area contributed by atoms with E-state index in [2.05, 4.69) is 20.6 Å². The minimum absolute atomic E-state index is 0.000214. The molecule has 10 nitrogen and oxygen atoms in total. The number of amides is 1. The minimum Gasteiger partial charge on any atom is -0.507 e. The molecule has 0 atom stereocenters. The summed E-state index contributed by atoms with van der Waals surface area (Å²) in [5.41, 5.74) is 2.57. The Morgan fingerprint density at radius 3 is 2.88 bits per heavy atom. The molecule has 0 spiro atoms. The number of aromatic hydroxyl groups is 1. The Labute approximate surface area is 134 Å². The molecule has 0 bridgehead atoms. The van der Waals surface area contributed by atoms with Crippen molar-refractivity contribution in [3.63, 3.8) is 0 Å². The van der Waals surface area contributed by atoms with Crippen molar-refractivity contribution in [3.8, 4) is 5.75 Å². The predicted octanol–water partition coefficient (Wildman–Crippen LogP) is 1.34. The van der Waals surface area contributed by atoms with Gasteiger partial charge in [-0.1, -0.05) is 35.4 Å². The van der Waals surface area contributed by atoms with Crippen LogP contribution in [-0.4, -0.2) is 37.3 Å². The van der Waals surface area contributed by atoms with Crippen LogP contribution in [0.3, 0.4) is 0 Å². The molecule has 24 heavy (non-hydrogen) atoms. The second kappa shape index (κ2) is 6.12. The summed E-state index contributed by atoms with van der Waals surface area (Å²) in [6, 6.07) is 10.6. The molecule has 3 N–H and O–H groups in total. The average molecular weight is 326 g/mol. The van der Waals surface area contributed by atoms with Crippen LogP contribution in [0, 0.1) is 10.1 Å². The van der Waals surface area contributed by atoms with Gasteiger partial charge in [0, 0.05) is 5.56 Å². The number of carbonyl (C=O) groups is 1. The van der Waals surface area contributed by atoms with Crippen molar-refractivity contribution in [2.45, 2.75) is 0 Å². The van der Waals surface area contributed by atoms with Crippen molar-refractivity contribution < 1.29 is 14.8 Å². The molecular formula is C14H10N6O4. The van der Waals surface area contributed by atoms with E-state index in [1.165, 1.54) is 12.3 Å². The lowest BCUT2D eigenvalue weighted by atomic mass is 10.0. The van der Waals surface area contributed by atoms with E-state index in [0.717, 1.165) is 10.8 Å². The number of phenols is 1. The first-order valence-corrected chi connectivity index (χ1v) is 6.67. The molecule has 0 fully saturated rings. The van der Waals surface area contributed by atoms with Crippen molar-refractivity contribution in [1.29, 1.82) is 0 Å². The summed E-state index contributed by atoms with van der Waals surface area (Å²) < 4.78 is 0. The van der Waals surface area contributed by atoms with Crippen molar-refractivity contribution in [1.82, 2.24) is 20.6 Å². The Morgan fingerprint density at radius 1 is 1.33 bits per heavy atom. The highest BCUT2D eigenvalue weighted by atomic mass is 16.6. The Hall–Kier alpha value is -3.82. The van der Waals surface area contributed by atoms with Crippen LogP contribution in [0.5, 0.6) is 5.75 Å². The fraction of sp³-hybridized carbons (Fsp3) is 0. The highest BCUT2D eigenvalue weighted by Crippen LogP contribution is 2.25.